The zero-order valence-electron chi connectivity index (χ0n) is 7.33. The number of benzene rings is 1. The van der Waals surface area contributed by atoms with Crippen LogP contribution < -0.4 is 11.5 Å². The summed E-state index contributed by atoms with van der Waals surface area (Å²) < 4.78 is 0. The minimum atomic E-state index is 0.525. The van der Waals surface area contributed by atoms with Gasteiger partial charge in [-0.05, 0) is 23.8 Å². The molecule has 0 saturated heterocycles. The number of hydrogen-bond donors (Lipinski definition) is 2. The van der Waals surface area contributed by atoms with Crippen molar-refractivity contribution >= 4 is 11.8 Å². The van der Waals surface area contributed by atoms with Crippen LogP contribution in [0.4, 0.5) is 5.69 Å². The van der Waals surface area contributed by atoms with Crippen molar-refractivity contribution in [1.29, 1.82) is 0 Å². The van der Waals surface area contributed by atoms with Crippen LogP contribution in [-0.2, 0) is 0 Å². The standard InChI is InChI=1S/C11H12N2/c1-2-10(12)6-3-9-4-7-11(13)8-5-9/h3-8H,1,12-13H2/b6-3+. The molecule has 1 aromatic carbocycles. The Labute approximate surface area is 77.9 Å². The number of nitrogen functional groups attached to an aromatic ring is 1. The number of allylic oxidation sites excluding steroid dienone is 1. The molecule has 0 heterocycles. The molecule has 13 heavy (non-hydrogen) atoms. The SMILES string of the molecule is C=C=C(N)/C=C/c1ccc(N)cc1. The van der Waals surface area contributed by atoms with Crippen LogP contribution in [-0.4, -0.2) is 0 Å². The topological polar surface area (TPSA) is 52.0 Å². The Morgan fingerprint density at radius 2 is 1.92 bits per heavy atom. The monoisotopic (exact) mass is 172 g/mol. The minimum Gasteiger partial charge on any atom is -0.399 e. The van der Waals surface area contributed by atoms with Gasteiger partial charge in [0.05, 0.1) is 5.70 Å². The smallest absolute Gasteiger partial charge is 0.0741 e. The number of anilines is 1. The van der Waals surface area contributed by atoms with Crippen LogP contribution in [0.15, 0.2) is 48.3 Å². The summed E-state index contributed by atoms with van der Waals surface area (Å²) in [7, 11) is 0. The Bertz CT molecular complexity index is 354. The fraction of sp³-hybridized carbons (Fsp3) is 0. The van der Waals surface area contributed by atoms with E-state index < -0.39 is 0 Å². The molecule has 0 spiro atoms. The lowest BCUT2D eigenvalue weighted by atomic mass is 10.2. The third-order valence-electron chi connectivity index (χ3n) is 1.60. The van der Waals surface area contributed by atoms with Crippen molar-refractivity contribution in [3.63, 3.8) is 0 Å². The molecular weight excluding hydrogens is 160 g/mol. The lowest BCUT2D eigenvalue weighted by Gasteiger charge is -1.94. The summed E-state index contributed by atoms with van der Waals surface area (Å²) in [5, 5.41) is 0. The van der Waals surface area contributed by atoms with Gasteiger partial charge in [0.25, 0.3) is 0 Å². The van der Waals surface area contributed by atoms with Gasteiger partial charge in [0.15, 0.2) is 0 Å². The highest BCUT2D eigenvalue weighted by Gasteiger charge is 1.86. The zero-order valence-corrected chi connectivity index (χ0v) is 7.33. The molecule has 0 atom stereocenters. The van der Waals surface area contributed by atoms with Gasteiger partial charge in [-0.1, -0.05) is 24.8 Å². The summed E-state index contributed by atoms with van der Waals surface area (Å²) >= 11 is 0. The van der Waals surface area contributed by atoms with Gasteiger partial charge < -0.3 is 11.5 Å². The van der Waals surface area contributed by atoms with Crippen molar-refractivity contribution in [2.24, 2.45) is 5.73 Å². The summed E-state index contributed by atoms with van der Waals surface area (Å²) in [6, 6.07) is 7.52. The molecule has 0 radical (unpaired) electrons. The fourth-order valence-corrected chi connectivity index (χ4v) is 0.852. The van der Waals surface area contributed by atoms with Gasteiger partial charge in [-0.15, -0.1) is 5.73 Å². The predicted octanol–water partition coefficient (Wildman–Crippen LogP) is 1.91. The molecule has 0 bridgehead atoms. The molecule has 2 nitrogen and oxygen atoms in total. The second kappa shape index (κ2) is 4.19. The lowest BCUT2D eigenvalue weighted by molar-refractivity contribution is 1.45. The third kappa shape index (κ3) is 2.89. The van der Waals surface area contributed by atoms with E-state index in [-0.39, 0.29) is 0 Å². The molecule has 4 N–H and O–H groups in total. The van der Waals surface area contributed by atoms with Crippen molar-refractivity contribution in [2.45, 2.75) is 0 Å². The molecular formula is C11H12N2. The summed E-state index contributed by atoms with van der Waals surface area (Å²) in [4.78, 5) is 0. The van der Waals surface area contributed by atoms with Gasteiger partial charge in [-0.25, -0.2) is 0 Å². The van der Waals surface area contributed by atoms with Crippen LogP contribution in [0, 0.1) is 0 Å². The van der Waals surface area contributed by atoms with Crippen molar-refractivity contribution in [1.82, 2.24) is 0 Å². The average Bonchev–Trinajstić information content (AvgIpc) is 2.16. The number of nitrogens with two attached hydrogens (primary N) is 2. The van der Waals surface area contributed by atoms with Crippen molar-refractivity contribution < 1.29 is 0 Å². The van der Waals surface area contributed by atoms with Gasteiger partial charge in [-0.2, -0.15) is 0 Å². The Balaban J connectivity index is 2.81. The maximum absolute atomic E-state index is 5.53. The van der Waals surface area contributed by atoms with Gasteiger partial charge in [-0.3, -0.25) is 0 Å². The molecule has 0 aliphatic carbocycles. The third-order valence-corrected chi connectivity index (χ3v) is 1.60. The molecule has 0 amide bonds. The first kappa shape index (κ1) is 9.17. The van der Waals surface area contributed by atoms with E-state index >= 15 is 0 Å². The maximum atomic E-state index is 5.53. The fourth-order valence-electron chi connectivity index (χ4n) is 0.852. The predicted molar refractivity (Wildman–Crippen MR) is 56.7 cm³/mol. The molecule has 1 aromatic rings. The quantitative estimate of drug-likeness (QED) is 0.406. The highest BCUT2D eigenvalue weighted by Crippen LogP contribution is 2.07. The Morgan fingerprint density at radius 1 is 1.31 bits per heavy atom. The molecule has 0 aromatic heterocycles. The Kier molecular flexibility index (Phi) is 2.96. The highest BCUT2D eigenvalue weighted by molar-refractivity contribution is 5.55. The second-order valence-corrected chi connectivity index (χ2v) is 2.63. The van der Waals surface area contributed by atoms with Crippen LogP contribution in [0.5, 0.6) is 0 Å². The Hall–Kier alpha value is -1.92. The van der Waals surface area contributed by atoms with Gasteiger partial charge in [0.1, 0.15) is 0 Å². The molecule has 0 unspecified atom stereocenters. The second-order valence-electron chi connectivity index (χ2n) is 2.63. The summed E-state index contributed by atoms with van der Waals surface area (Å²) in [6.45, 7) is 3.43. The van der Waals surface area contributed by atoms with Crippen LogP contribution >= 0.6 is 0 Å². The van der Waals surface area contributed by atoms with E-state index in [9.17, 15) is 0 Å². The molecule has 2 heteroatoms. The van der Waals surface area contributed by atoms with E-state index in [0.717, 1.165) is 11.3 Å². The first-order valence-electron chi connectivity index (χ1n) is 3.91. The minimum absolute atomic E-state index is 0.525. The molecule has 0 aliphatic heterocycles. The molecule has 0 fully saturated rings. The largest absolute Gasteiger partial charge is 0.399 e. The van der Waals surface area contributed by atoms with Crippen molar-refractivity contribution in [2.75, 3.05) is 5.73 Å². The van der Waals surface area contributed by atoms with Crippen LogP contribution in [0.3, 0.4) is 0 Å². The van der Waals surface area contributed by atoms with Gasteiger partial charge >= 0.3 is 0 Å². The van der Waals surface area contributed by atoms with E-state index in [1.165, 1.54) is 0 Å². The molecule has 0 saturated carbocycles. The van der Waals surface area contributed by atoms with Gasteiger partial charge in [0.2, 0.25) is 0 Å². The lowest BCUT2D eigenvalue weighted by Crippen LogP contribution is -1.89. The number of hydrogen-bond acceptors (Lipinski definition) is 2. The first-order valence-corrected chi connectivity index (χ1v) is 3.91. The van der Waals surface area contributed by atoms with Crippen LogP contribution in [0.25, 0.3) is 6.08 Å². The highest BCUT2D eigenvalue weighted by atomic mass is 14.5. The van der Waals surface area contributed by atoms with E-state index in [2.05, 4.69) is 12.3 Å². The zero-order chi connectivity index (χ0) is 9.68. The summed E-state index contributed by atoms with van der Waals surface area (Å²) in [5.74, 6) is 0. The Morgan fingerprint density at radius 3 is 2.46 bits per heavy atom. The number of rotatable bonds is 2. The van der Waals surface area contributed by atoms with E-state index in [0.29, 0.717) is 5.70 Å². The molecule has 1 rings (SSSR count). The van der Waals surface area contributed by atoms with E-state index in [1.54, 1.807) is 6.08 Å². The maximum Gasteiger partial charge on any atom is 0.0741 e. The van der Waals surface area contributed by atoms with Crippen LogP contribution in [0.2, 0.25) is 0 Å². The molecule has 66 valence electrons. The van der Waals surface area contributed by atoms with Crippen LogP contribution in [0.1, 0.15) is 5.56 Å². The molecule has 0 aliphatic rings. The first-order chi connectivity index (χ1) is 6.22. The van der Waals surface area contributed by atoms with Crippen molar-refractivity contribution in [3.05, 3.63) is 53.9 Å². The van der Waals surface area contributed by atoms with Gasteiger partial charge in [0, 0.05) is 5.69 Å². The van der Waals surface area contributed by atoms with E-state index in [1.807, 2.05) is 30.3 Å². The summed E-state index contributed by atoms with van der Waals surface area (Å²) in [6.07, 6.45) is 3.63. The average molecular weight is 172 g/mol. The van der Waals surface area contributed by atoms with Crippen molar-refractivity contribution in [3.8, 4) is 0 Å². The summed E-state index contributed by atoms with van der Waals surface area (Å²) in [5.41, 5.74) is 15.9. The van der Waals surface area contributed by atoms with E-state index in [4.69, 9.17) is 11.5 Å². The normalized spacial score (nSPS) is 9.85.